The molecule has 98 valence electrons. The third-order valence-corrected chi connectivity index (χ3v) is 4.67. The average molecular weight is 256 g/mol. The van der Waals surface area contributed by atoms with Gasteiger partial charge in [0.05, 0.1) is 12.2 Å². The molecule has 2 rings (SSSR count). The Bertz CT molecular complexity index is 266. The van der Waals surface area contributed by atoms with E-state index in [1.54, 1.807) is 0 Å². The lowest BCUT2D eigenvalue weighted by Crippen LogP contribution is -2.43. The van der Waals surface area contributed by atoms with E-state index in [4.69, 9.17) is 0 Å². The first kappa shape index (κ1) is 13.2. The quantitative estimate of drug-likeness (QED) is 0.817. The molecular formula is C13H24N2OS. The number of nitrogens with one attached hydrogen (secondary N) is 1. The standard InChI is InChI=1S/C13H24N2OS/c1-3-11-13(16)15(8-9-17-2)12(14-11)10-6-4-5-7-10/h10-12,14H,3-9H2,1-2H3. The Morgan fingerprint density at radius 1 is 1.41 bits per heavy atom. The van der Waals surface area contributed by atoms with E-state index in [1.165, 1.54) is 25.7 Å². The van der Waals surface area contributed by atoms with Crippen molar-refractivity contribution in [2.75, 3.05) is 18.6 Å². The van der Waals surface area contributed by atoms with E-state index in [1.807, 2.05) is 11.8 Å². The van der Waals surface area contributed by atoms with Gasteiger partial charge >= 0.3 is 0 Å². The number of carbonyl (C=O) groups is 1. The molecule has 1 N–H and O–H groups in total. The molecule has 1 saturated carbocycles. The van der Waals surface area contributed by atoms with Crippen molar-refractivity contribution in [3.63, 3.8) is 0 Å². The minimum absolute atomic E-state index is 0.0717. The summed E-state index contributed by atoms with van der Waals surface area (Å²) in [6.07, 6.45) is 8.60. The zero-order valence-electron chi connectivity index (χ0n) is 10.9. The summed E-state index contributed by atoms with van der Waals surface area (Å²) in [7, 11) is 0. The van der Waals surface area contributed by atoms with Crippen molar-refractivity contribution in [1.82, 2.24) is 10.2 Å². The molecule has 2 fully saturated rings. The van der Waals surface area contributed by atoms with Crippen molar-refractivity contribution in [2.24, 2.45) is 5.92 Å². The summed E-state index contributed by atoms with van der Waals surface area (Å²) in [5, 5.41) is 3.56. The van der Waals surface area contributed by atoms with Crippen LogP contribution in [0.1, 0.15) is 39.0 Å². The van der Waals surface area contributed by atoms with E-state index in [0.717, 1.165) is 18.7 Å². The molecule has 0 spiro atoms. The predicted molar refractivity (Wildman–Crippen MR) is 73.1 cm³/mol. The van der Waals surface area contributed by atoms with Crippen LogP contribution < -0.4 is 5.32 Å². The Kier molecular flexibility index (Phi) is 4.74. The number of hydrogen-bond acceptors (Lipinski definition) is 3. The van der Waals surface area contributed by atoms with Gasteiger partial charge in [0.1, 0.15) is 0 Å². The summed E-state index contributed by atoms with van der Waals surface area (Å²) < 4.78 is 0. The largest absolute Gasteiger partial charge is 0.325 e. The maximum Gasteiger partial charge on any atom is 0.241 e. The Morgan fingerprint density at radius 3 is 2.71 bits per heavy atom. The lowest BCUT2D eigenvalue weighted by atomic mass is 10.0. The van der Waals surface area contributed by atoms with Crippen LogP contribution in [-0.4, -0.2) is 41.6 Å². The summed E-state index contributed by atoms with van der Waals surface area (Å²) in [5.41, 5.74) is 0. The lowest BCUT2D eigenvalue weighted by Gasteiger charge is -2.28. The highest BCUT2D eigenvalue weighted by Gasteiger charge is 2.41. The van der Waals surface area contributed by atoms with E-state index in [9.17, 15) is 4.79 Å². The highest BCUT2D eigenvalue weighted by molar-refractivity contribution is 7.98. The molecule has 17 heavy (non-hydrogen) atoms. The minimum atomic E-state index is 0.0717. The summed E-state index contributed by atoms with van der Waals surface area (Å²) in [6, 6.07) is 0.0717. The number of hydrogen-bond donors (Lipinski definition) is 1. The molecule has 2 aliphatic rings. The number of rotatable bonds is 5. The second-order valence-electron chi connectivity index (χ2n) is 5.14. The Morgan fingerprint density at radius 2 is 2.12 bits per heavy atom. The fraction of sp³-hybridized carbons (Fsp3) is 0.923. The fourth-order valence-electron chi connectivity index (χ4n) is 3.10. The SMILES string of the molecule is CCC1NC(C2CCCC2)N(CCSC)C1=O. The smallest absolute Gasteiger partial charge is 0.241 e. The van der Waals surface area contributed by atoms with Crippen molar-refractivity contribution in [3.8, 4) is 0 Å². The zero-order chi connectivity index (χ0) is 12.3. The summed E-state index contributed by atoms with van der Waals surface area (Å²) in [4.78, 5) is 14.4. The molecule has 2 unspecified atom stereocenters. The molecule has 0 aromatic heterocycles. The highest BCUT2D eigenvalue weighted by Crippen LogP contribution is 2.32. The average Bonchev–Trinajstić information content (AvgIpc) is 2.94. The van der Waals surface area contributed by atoms with Gasteiger partial charge in [0, 0.05) is 12.3 Å². The van der Waals surface area contributed by atoms with Crippen LogP contribution in [0, 0.1) is 5.92 Å². The summed E-state index contributed by atoms with van der Waals surface area (Å²) >= 11 is 1.82. The minimum Gasteiger partial charge on any atom is -0.325 e. The van der Waals surface area contributed by atoms with Crippen LogP contribution in [0.3, 0.4) is 0 Å². The van der Waals surface area contributed by atoms with Crippen LogP contribution in [0.15, 0.2) is 0 Å². The van der Waals surface area contributed by atoms with Gasteiger partial charge in [-0.05, 0) is 31.4 Å². The van der Waals surface area contributed by atoms with Gasteiger partial charge in [-0.1, -0.05) is 19.8 Å². The molecule has 1 aliphatic heterocycles. The first-order chi connectivity index (χ1) is 8.27. The topological polar surface area (TPSA) is 32.3 Å². The second kappa shape index (κ2) is 6.10. The number of amides is 1. The first-order valence-corrected chi connectivity index (χ1v) is 8.22. The van der Waals surface area contributed by atoms with Crippen LogP contribution in [-0.2, 0) is 4.79 Å². The fourth-order valence-corrected chi connectivity index (χ4v) is 3.48. The molecule has 1 saturated heterocycles. The van der Waals surface area contributed by atoms with Gasteiger partial charge in [-0.2, -0.15) is 11.8 Å². The van der Waals surface area contributed by atoms with E-state index < -0.39 is 0 Å². The Hall–Kier alpha value is -0.220. The Labute approximate surface area is 109 Å². The molecule has 0 aromatic rings. The van der Waals surface area contributed by atoms with Gasteiger partial charge in [-0.25, -0.2) is 0 Å². The predicted octanol–water partition coefficient (Wildman–Crippen LogP) is 2.08. The van der Waals surface area contributed by atoms with E-state index in [2.05, 4.69) is 23.4 Å². The molecule has 2 atom stereocenters. The number of carbonyl (C=O) groups excluding carboxylic acids is 1. The van der Waals surface area contributed by atoms with Crippen molar-refractivity contribution in [3.05, 3.63) is 0 Å². The number of thioether (sulfide) groups is 1. The van der Waals surface area contributed by atoms with E-state index in [0.29, 0.717) is 18.0 Å². The van der Waals surface area contributed by atoms with Gasteiger partial charge in [0.15, 0.2) is 0 Å². The van der Waals surface area contributed by atoms with Gasteiger partial charge in [0.25, 0.3) is 0 Å². The van der Waals surface area contributed by atoms with Crippen molar-refractivity contribution >= 4 is 17.7 Å². The van der Waals surface area contributed by atoms with Crippen LogP contribution in [0.25, 0.3) is 0 Å². The number of nitrogens with zero attached hydrogens (tertiary/aromatic N) is 1. The van der Waals surface area contributed by atoms with Crippen LogP contribution >= 0.6 is 11.8 Å². The van der Waals surface area contributed by atoms with Crippen LogP contribution in [0.4, 0.5) is 0 Å². The molecule has 1 heterocycles. The van der Waals surface area contributed by atoms with Gasteiger partial charge in [-0.15, -0.1) is 0 Å². The van der Waals surface area contributed by atoms with E-state index in [-0.39, 0.29) is 6.04 Å². The molecule has 1 aliphatic carbocycles. The summed E-state index contributed by atoms with van der Waals surface area (Å²) in [5.74, 6) is 2.07. The third kappa shape index (κ3) is 2.79. The molecule has 0 radical (unpaired) electrons. The molecule has 1 amide bonds. The van der Waals surface area contributed by atoms with Crippen LogP contribution in [0.2, 0.25) is 0 Å². The second-order valence-corrected chi connectivity index (χ2v) is 6.13. The molecule has 4 heteroatoms. The van der Waals surface area contributed by atoms with Gasteiger partial charge in [0.2, 0.25) is 5.91 Å². The molecule has 0 bridgehead atoms. The molecule has 0 aromatic carbocycles. The molecule has 3 nitrogen and oxygen atoms in total. The third-order valence-electron chi connectivity index (χ3n) is 4.08. The van der Waals surface area contributed by atoms with Gasteiger partial charge in [-0.3, -0.25) is 10.1 Å². The first-order valence-electron chi connectivity index (χ1n) is 6.83. The normalized spacial score (nSPS) is 30.5. The maximum atomic E-state index is 12.3. The lowest BCUT2D eigenvalue weighted by molar-refractivity contribution is -0.130. The molecular weight excluding hydrogens is 232 g/mol. The van der Waals surface area contributed by atoms with Gasteiger partial charge < -0.3 is 4.90 Å². The zero-order valence-corrected chi connectivity index (χ0v) is 11.8. The summed E-state index contributed by atoms with van der Waals surface area (Å²) in [6.45, 7) is 3.00. The van der Waals surface area contributed by atoms with E-state index >= 15 is 0 Å². The highest BCUT2D eigenvalue weighted by atomic mass is 32.2. The van der Waals surface area contributed by atoms with Crippen LogP contribution in [0.5, 0.6) is 0 Å². The van der Waals surface area contributed by atoms with Crippen molar-refractivity contribution in [1.29, 1.82) is 0 Å². The van der Waals surface area contributed by atoms with Crippen molar-refractivity contribution in [2.45, 2.75) is 51.2 Å². The maximum absolute atomic E-state index is 12.3. The monoisotopic (exact) mass is 256 g/mol. The Balaban J connectivity index is 2.02. The van der Waals surface area contributed by atoms with Crippen molar-refractivity contribution < 1.29 is 4.79 Å².